The number of aromatic nitrogens is 2. The summed E-state index contributed by atoms with van der Waals surface area (Å²) in [5.41, 5.74) is 3.25. The van der Waals surface area contributed by atoms with E-state index in [9.17, 15) is 9.59 Å². The molecule has 0 fully saturated rings. The average molecular weight is 370 g/mol. The van der Waals surface area contributed by atoms with Crippen LogP contribution in [0, 0.1) is 0 Å². The first kappa shape index (κ1) is 19.1. The number of hydrogen-bond donors (Lipinski definition) is 1. The lowest BCUT2D eigenvalue weighted by Crippen LogP contribution is -2.32. The highest BCUT2D eigenvalue weighted by Gasteiger charge is 2.25. The predicted molar refractivity (Wildman–Crippen MR) is 101 cm³/mol. The standard InChI is InChI=1S/C20H26N4O3/c1-23(2)19(26)9-8-18(25)21-12-17-20-16(10-11-27-17)14-24(22-20)13-15-6-4-3-5-7-15/h3-7,14,17H,8-13H2,1-2H3,(H,21,25)/t17-/m1/s1. The van der Waals surface area contributed by atoms with Crippen molar-refractivity contribution in [3.8, 4) is 0 Å². The number of nitrogens with zero attached hydrogens (tertiary/aromatic N) is 3. The monoisotopic (exact) mass is 370 g/mol. The van der Waals surface area contributed by atoms with E-state index in [2.05, 4.69) is 28.7 Å². The van der Waals surface area contributed by atoms with Crippen molar-refractivity contribution in [2.45, 2.75) is 31.9 Å². The predicted octanol–water partition coefficient (Wildman–Crippen LogP) is 1.53. The molecule has 1 aromatic heterocycles. The Hall–Kier alpha value is -2.67. The maximum atomic E-state index is 12.0. The number of benzene rings is 1. The van der Waals surface area contributed by atoms with Gasteiger partial charge in [-0.3, -0.25) is 14.3 Å². The molecule has 0 saturated heterocycles. The van der Waals surface area contributed by atoms with Crippen LogP contribution < -0.4 is 5.32 Å². The molecule has 1 aromatic carbocycles. The first-order valence-electron chi connectivity index (χ1n) is 9.21. The van der Waals surface area contributed by atoms with Crippen molar-refractivity contribution < 1.29 is 14.3 Å². The van der Waals surface area contributed by atoms with Crippen molar-refractivity contribution in [3.63, 3.8) is 0 Å². The van der Waals surface area contributed by atoms with E-state index < -0.39 is 0 Å². The summed E-state index contributed by atoms with van der Waals surface area (Å²) in [7, 11) is 3.37. The molecule has 0 saturated carbocycles. The SMILES string of the molecule is CN(C)C(=O)CCC(=O)NC[C@H]1OCCc2cn(Cc3ccccc3)nc21. The summed E-state index contributed by atoms with van der Waals surface area (Å²) in [6.07, 6.45) is 3.03. The van der Waals surface area contributed by atoms with E-state index in [1.54, 1.807) is 14.1 Å². The zero-order valence-corrected chi connectivity index (χ0v) is 15.9. The van der Waals surface area contributed by atoms with Crippen LogP contribution in [0.5, 0.6) is 0 Å². The summed E-state index contributed by atoms with van der Waals surface area (Å²) in [5, 5.41) is 7.55. The van der Waals surface area contributed by atoms with Gasteiger partial charge in [0.2, 0.25) is 11.8 Å². The van der Waals surface area contributed by atoms with Crippen LogP contribution in [0.2, 0.25) is 0 Å². The van der Waals surface area contributed by atoms with Gasteiger partial charge in [-0.1, -0.05) is 30.3 Å². The Balaban J connectivity index is 1.56. The number of amides is 2. The van der Waals surface area contributed by atoms with Crippen LogP contribution in [-0.2, 0) is 27.3 Å². The van der Waals surface area contributed by atoms with Gasteiger partial charge in [-0.2, -0.15) is 5.10 Å². The second kappa shape index (κ2) is 8.81. The third kappa shape index (κ3) is 5.17. The van der Waals surface area contributed by atoms with Gasteiger partial charge in [0.25, 0.3) is 0 Å². The molecule has 0 aliphatic carbocycles. The van der Waals surface area contributed by atoms with Crippen LogP contribution in [0.15, 0.2) is 36.5 Å². The van der Waals surface area contributed by atoms with E-state index in [0.717, 1.165) is 12.1 Å². The maximum Gasteiger partial charge on any atom is 0.222 e. The van der Waals surface area contributed by atoms with E-state index in [1.807, 2.05) is 22.9 Å². The lowest BCUT2D eigenvalue weighted by molar-refractivity contribution is -0.131. The highest BCUT2D eigenvalue weighted by molar-refractivity contribution is 5.83. The number of rotatable bonds is 7. The average Bonchev–Trinajstić information content (AvgIpc) is 3.08. The molecule has 27 heavy (non-hydrogen) atoms. The van der Waals surface area contributed by atoms with Crippen LogP contribution in [0.1, 0.15) is 35.8 Å². The molecule has 0 radical (unpaired) electrons. The summed E-state index contributed by atoms with van der Waals surface area (Å²) in [6, 6.07) is 10.2. The van der Waals surface area contributed by atoms with Gasteiger partial charge in [-0.05, 0) is 17.5 Å². The maximum absolute atomic E-state index is 12.0. The topological polar surface area (TPSA) is 76.5 Å². The summed E-state index contributed by atoms with van der Waals surface area (Å²) in [6.45, 7) is 1.69. The molecule has 2 aromatic rings. The molecule has 144 valence electrons. The molecular formula is C20H26N4O3. The van der Waals surface area contributed by atoms with Crippen molar-refractivity contribution >= 4 is 11.8 Å². The molecular weight excluding hydrogens is 344 g/mol. The Morgan fingerprint density at radius 3 is 2.78 bits per heavy atom. The quantitative estimate of drug-likeness (QED) is 0.802. The van der Waals surface area contributed by atoms with Crippen molar-refractivity contribution in [1.29, 1.82) is 0 Å². The van der Waals surface area contributed by atoms with E-state index in [0.29, 0.717) is 19.7 Å². The largest absolute Gasteiger partial charge is 0.370 e. The van der Waals surface area contributed by atoms with Crippen LogP contribution in [0.3, 0.4) is 0 Å². The Morgan fingerprint density at radius 1 is 1.26 bits per heavy atom. The zero-order valence-electron chi connectivity index (χ0n) is 15.9. The Morgan fingerprint density at radius 2 is 2.04 bits per heavy atom. The minimum absolute atomic E-state index is 0.0546. The molecule has 0 bridgehead atoms. The van der Waals surface area contributed by atoms with Crippen molar-refractivity contribution in [1.82, 2.24) is 20.0 Å². The molecule has 2 heterocycles. The van der Waals surface area contributed by atoms with Crippen LogP contribution in [0.4, 0.5) is 0 Å². The summed E-state index contributed by atoms with van der Waals surface area (Å²) < 4.78 is 7.75. The minimum atomic E-state index is -0.251. The first-order valence-corrected chi connectivity index (χ1v) is 9.21. The van der Waals surface area contributed by atoms with E-state index in [4.69, 9.17) is 4.74 Å². The van der Waals surface area contributed by atoms with E-state index in [-0.39, 0.29) is 30.8 Å². The third-order valence-corrected chi connectivity index (χ3v) is 4.60. The van der Waals surface area contributed by atoms with Gasteiger partial charge in [-0.25, -0.2) is 0 Å². The molecule has 7 nitrogen and oxygen atoms in total. The van der Waals surface area contributed by atoms with Crippen molar-refractivity contribution in [2.24, 2.45) is 0 Å². The Kier molecular flexibility index (Phi) is 6.24. The highest BCUT2D eigenvalue weighted by atomic mass is 16.5. The van der Waals surface area contributed by atoms with Gasteiger partial charge in [0.05, 0.1) is 18.8 Å². The number of hydrogen-bond acceptors (Lipinski definition) is 4. The Labute approximate surface area is 159 Å². The zero-order chi connectivity index (χ0) is 19.2. The second-order valence-corrected chi connectivity index (χ2v) is 6.92. The van der Waals surface area contributed by atoms with Crippen molar-refractivity contribution in [3.05, 3.63) is 53.3 Å². The highest BCUT2D eigenvalue weighted by Crippen LogP contribution is 2.25. The normalized spacial score (nSPS) is 15.9. The first-order chi connectivity index (χ1) is 13.0. The fourth-order valence-corrected chi connectivity index (χ4v) is 3.08. The van der Waals surface area contributed by atoms with Crippen LogP contribution in [0.25, 0.3) is 0 Å². The fourth-order valence-electron chi connectivity index (χ4n) is 3.08. The number of fused-ring (bicyclic) bond motifs is 1. The number of ether oxygens (including phenoxy) is 1. The second-order valence-electron chi connectivity index (χ2n) is 6.92. The number of carbonyl (C=O) groups excluding carboxylic acids is 2. The molecule has 0 spiro atoms. The molecule has 1 N–H and O–H groups in total. The summed E-state index contributed by atoms with van der Waals surface area (Å²) >= 11 is 0. The summed E-state index contributed by atoms with van der Waals surface area (Å²) in [5.74, 6) is -0.203. The van der Waals surface area contributed by atoms with Gasteiger partial charge in [0, 0.05) is 39.7 Å². The van der Waals surface area contributed by atoms with Crippen LogP contribution in [-0.4, -0.2) is 53.7 Å². The lowest BCUT2D eigenvalue weighted by Gasteiger charge is -2.22. The molecule has 2 amide bonds. The lowest BCUT2D eigenvalue weighted by atomic mass is 10.1. The molecule has 7 heteroatoms. The van der Waals surface area contributed by atoms with Gasteiger partial charge >= 0.3 is 0 Å². The van der Waals surface area contributed by atoms with E-state index >= 15 is 0 Å². The van der Waals surface area contributed by atoms with E-state index in [1.165, 1.54) is 16.0 Å². The third-order valence-electron chi connectivity index (χ3n) is 4.60. The molecule has 1 aliphatic heterocycles. The smallest absolute Gasteiger partial charge is 0.222 e. The molecule has 1 atom stereocenters. The molecule has 3 rings (SSSR count). The van der Waals surface area contributed by atoms with Gasteiger partial charge in [0.1, 0.15) is 6.10 Å². The van der Waals surface area contributed by atoms with Gasteiger partial charge in [0.15, 0.2) is 0 Å². The summed E-state index contributed by atoms with van der Waals surface area (Å²) in [4.78, 5) is 25.1. The van der Waals surface area contributed by atoms with Gasteiger partial charge in [-0.15, -0.1) is 0 Å². The molecule has 0 unspecified atom stereocenters. The van der Waals surface area contributed by atoms with Crippen molar-refractivity contribution in [2.75, 3.05) is 27.2 Å². The Bertz CT molecular complexity index is 786. The van der Waals surface area contributed by atoms with Crippen LogP contribution >= 0.6 is 0 Å². The minimum Gasteiger partial charge on any atom is -0.370 e. The number of nitrogens with one attached hydrogen (secondary N) is 1. The fraction of sp³-hybridized carbons (Fsp3) is 0.450. The molecule has 1 aliphatic rings. The number of carbonyl (C=O) groups is 2. The van der Waals surface area contributed by atoms with Gasteiger partial charge < -0.3 is 15.0 Å².